The number of hydrogen-bond donors (Lipinski definition) is 1. The minimum absolute atomic E-state index is 0.195. The standard InChI is InChI=1S/C24H23NO4S/c1-17(29-24(27)20-15-9-10-16-21(20)30(2)28)23(26)25-22(18-11-5-3-6-12-18)19-13-7-4-8-14-19/h3-17,22H,1-2H3,(H,25,26)/t17-,30+/m0/s1. The van der Waals surface area contributed by atoms with Crippen molar-refractivity contribution in [3.05, 3.63) is 102 Å². The molecule has 0 heterocycles. The van der Waals surface area contributed by atoms with Crippen LogP contribution in [0.1, 0.15) is 34.5 Å². The Labute approximate surface area is 178 Å². The normalized spacial score (nSPS) is 12.8. The van der Waals surface area contributed by atoms with E-state index in [1.165, 1.54) is 13.2 Å². The van der Waals surface area contributed by atoms with Crippen LogP contribution < -0.4 is 5.32 Å². The molecular formula is C24H23NO4S. The van der Waals surface area contributed by atoms with E-state index in [9.17, 15) is 13.8 Å². The molecule has 0 fully saturated rings. The van der Waals surface area contributed by atoms with Gasteiger partial charge in [0.1, 0.15) is 0 Å². The Kier molecular flexibility index (Phi) is 7.14. The lowest BCUT2D eigenvalue weighted by molar-refractivity contribution is -0.129. The van der Waals surface area contributed by atoms with E-state index in [-0.39, 0.29) is 11.6 Å². The van der Waals surface area contributed by atoms with Crippen LogP contribution in [-0.4, -0.2) is 28.4 Å². The molecule has 1 N–H and O–H groups in total. The average molecular weight is 422 g/mol. The SMILES string of the molecule is C[C@H](OC(=O)c1ccccc1[S@@](C)=O)C(=O)NC(c1ccccc1)c1ccccc1. The third-order valence-electron chi connectivity index (χ3n) is 4.62. The van der Waals surface area contributed by atoms with Crippen LogP contribution in [-0.2, 0) is 20.3 Å². The molecule has 3 aromatic carbocycles. The smallest absolute Gasteiger partial charge is 0.340 e. The average Bonchev–Trinajstić information content (AvgIpc) is 2.78. The summed E-state index contributed by atoms with van der Waals surface area (Å²) in [6.07, 6.45) is 0.470. The molecule has 5 nitrogen and oxygen atoms in total. The molecule has 0 saturated carbocycles. The predicted molar refractivity (Wildman–Crippen MR) is 117 cm³/mol. The quantitative estimate of drug-likeness (QED) is 0.588. The minimum Gasteiger partial charge on any atom is -0.449 e. The van der Waals surface area contributed by atoms with Crippen LogP contribution in [0, 0.1) is 0 Å². The molecular weight excluding hydrogens is 398 g/mol. The number of esters is 1. The fourth-order valence-corrected chi connectivity index (χ4v) is 3.80. The summed E-state index contributed by atoms with van der Waals surface area (Å²) in [5, 5.41) is 2.97. The zero-order valence-electron chi connectivity index (χ0n) is 16.8. The molecule has 0 aliphatic heterocycles. The first-order valence-electron chi connectivity index (χ1n) is 9.51. The number of rotatable bonds is 7. The van der Waals surface area contributed by atoms with Crippen molar-refractivity contribution in [2.75, 3.05) is 6.26 Å². The highest BCUT2D eigenvalue weighted by Gasteiger charge is 2.24. The van der Waals surface area contributed by atoms with E-state index in [4.69, 9.17) is 4.74 Å². The summed E-state index contributed by atoms with van der Waals surface area (Å²) in [4.78, 5) is 25.8. The summed E-state index contributed by atoms with van der Waals surface area (Å²) in [5.74, 6) is -1.10. The van der Waals surface area contributed by atoms with Crippen molar-refractivity contribution in [2.45, 2.75) is 24.0 Å². The Bertz CT molecular complexity index is 998. The van der Waals surface area contributed by atoms with Crippen molar-refractivity contribution in [1.82, 2.24) is 5.32 Å². The Morgan fingerprint density at radius 1 is 0.833 bits per heavy atom. The number of hydrogen-bond acceptors (Lipinski definition) is 4. The van der Waals surface area contributed by atoms with Crippen molar-refractivity contribution in [3.63, 3.8) is 0 Å². The van der Waals surface area contributed by atoms with Gasteiger partial charge in [0.25, 0.3) is 5.91 Å². The van der Waals surface area contributed by atoms with Crippen LogP contribution in [0.4, 0.5) is 0 Å². The molecule has 0 bridgehead atoms. The molecule has 0 radical (unpaired) electrons. The van der Waals surface area contributed by atoms with Crippen molar-refractivity contribution < 1.29 is 18.5 Å². The number of carbonyl (C=O) groups excluding carboxylic acids is 2. The lowest BCUT2D eigenvalue weighted by atomic mass is 9.98. The van der Waals surface area contributed by atoms with Crippen molar-refractivity contribution in [3.8, 4) is 0 Å². The fourth-order valence-electron chi connectivity index (χ4n) is 3.07. The number of ether oxygens (including phenoxy) is 1. The lowest BCUT2D eigenvalue weighted by Crippen LogP contribution is -2.38. The van der Waals surface area contributed by atoms with Crippen LogP contribution in [0.15, 0.2) is 89.8 Å². The maximum absolute atomic E-state index is 12.8. The topological polar surface area (TPSA) is 72.5 Å². The molecule has 154 valence electrons. The Hall–Kier alpha value is -3.25. The zero-order chi connectivity index (χ0) is 21.5. The highest BCUT2D eigenvalue weighted by molar-refractivity contribution is 7.84. The second-order valence-electron chi connectivity index (χ2n) is 6.76. The maximum Gasteiger partial charge on any atom is 0.340 e. The molecule has 0 unspecified atom stereocenters. The second-order valence-corrected chi connectivity index (χ2v) is 8.11. The third kappa shape index (κ3) is 5.21. The highest BCUT2D eigenvalue weighted by Crippen LogP contribution is 2.22. The molecule has 6 heteroatoms. The molecule has 3 rings (SSSR count). The summed E-state index contributed by atoms with van der Waals surface area (Å²) in [6.45, 7) is 1.52. The van der Waals surface area contributed by atoms with E-state index in [0.717, 1.165) is 11.1 Å². The van der Waals surface area contributed by atoms with Crippen molar-refractivity contribution >= 4 is 22.7 Å². The molecule has 0 aromatic heterocycles. The van der Waals surface area contributed by atoms with Gasteiger partial charge in [-0.3, -0.25) is 9.00 Å². The Morgan fingerprint density at radius 3 is 1.87 bits per heavy atom. The number of carbonyl (C=O) groups is 2. The van der Waals surface area contributed by atoms with Crippen LogP contribution in [0.2, 0.25) is 0 Å². The first kappa shape index (κ1) is 21.5. The molecule has 0 aliphatic carbocycles. The molecule has 0 saturated heterocycles. The maximum atomic E-state index is 12.8. The molecule has 30 heavy (non-hydrogen) atoms. The van der Waals surface area contributed by atoms with Crippen LogP contribution in [0.3, 0.4) is 0 Å². The Morgan fingerprint density at radius 2 is 1.33 bits per heavy atom. The van der Waals surface area contributed by atoms with Gasteiger partial charge in [-0.2, -0.15) is 0 Å². The molecule has 2 atom stereocenters. The fraction of sp³-hybridized carbons (Fsp3) is 0.167. The lowest BCUT2D eigenvalue weighted by Gasteiger charge is -2.22. The van der Waals surface area contributed by atoms with E-state index >= 15 is 0 Å². The van der Waals surface area contributed by atoms with Gasteiger partial charge < -0.3 is 10.1 Å². The van der Waals surface area contributed by atoms with Crippen LogP contribution >= 0.6 is 0 Å². The minimum atomic E-state index is -1.35. The van der Waals surface area contributed by atoms with Gasteiger partial charge in [-0.05, 0) is 30.2 Å². The van der Waals surface area contributed by atoms with Gasteiger partial charge in [-0.15, -0.1) is 0 Å². The second kappa shape index (κ2) is 9.98. The van der Waals surface area contributed by atoms with E-state index in [1.54, 1.807) is 24.3 Å². The van der Waals surface area contributed by atoms with Gasteiger partial charge in [-0.25, -0.2) is 4.79 Å². The summed E-state index contributed by atoms with van der Waals surface area (Å²) < 4.78 is 17.2. The number of benzene rings is 3. The molecule has 3 aromatic rings. The summed E-state index contributed by atoms with van der Waals surface area (Å²) >= 11 is 0. The van der Waals surface area contributed by atoms with E-state index in [2.05, 4.69) is 5.32 Å². The summed E-state index contributed by atoms with van der Waals surface area (Å²) in [7, 11) is -1.35. The largest absolute Gasteiger partial charge is 0.449 e. The van der Waals surface area contributed by atoms with E-state index < -0.39 is 28.8 Å². The van der Waals surface area contributed by atoms with Gasteiger partial charge >= 0.3 is 5.97 Å². The predicted octanol–water partition coefficient (Wildman–Crippen LogP) is 3.88. The van der Waals surface area contributed by atoms with Gasteiger partial charge in [0.15, 0.2) is 6.10 Å². The number of amides is 1. The monoisotopic (exact) mass is 421 g/mol. The van der Waals surface area contributed by atoms with Gasteiger partial charge in [-0.1, -0.05) is 72.8 Å². The van der Waals surface area contributed by atoms with Gasteiger partial charge in [0.05, 0.1) is 27.3 Å². The first-order valence-corrected chi connectivity index (χ1v) is 11.1. The molecule has 0 spiro atoms. The number of nitrogens with one attached hydrogen (secondary N) is 1. The highest BCUT2D eigenvalue weighted by atomic mass is 32.2. The van der Waals surface area contributed by atoms with Gasteiger partial charge in [0, 0.05) is 6.26 Å². The zero-order valence-corrected chi connectivity index (χ0v) is 17.6. The van der Waals surface area contributed by atoms with Crippen molar-refractivity contribution in [2.24, 2.45) is 0 Å². The van der Waals surface area contributed by atoms with E-state index in [1.807, 2.05) is 60.7 Å². The van der Waals surface area contributed by atoms with Crippen LogP contribution in [0.5, 0.6) is 0 Å². The van der Waals surface area contributed by atoms with Crippen LogP contribution in [0.25, 0.3) is 0 Å². The molecule has 0 aliphatic rings. The Balaban J connectivity index is 1.76. The van der Waals surface area contributed by atoms with E-state index in [0.29, 0.717) is 4.90 Å². The summed E-state index contributed by atoms with van der Waals surface area (Å²) in [6, 6.07) is 25.3. The summed E-state index contributed by atoms with van der Waals surface area (Å²) in [5.41, 5.74) is 2.03. The van der Waals surface area contributed by atoms with Crippen molar-refractivity contribution in [1.29, 1.82) is 0 Å². The first-order chi connectivity index (χ1) is 14.5. The van der Waals surface area contributed by atoms with Gasteiger partial charge in [0.2, 0.25) is 0 Å². The molecule has 1 amide bonds. The third-order valence-corrected chi connectivity index (χ3v) is 5.60.